The maximum atomic E-state index is 12.0. The molecule has 0 spiro atoms. The molecule has 1 saturated carbocycles. The molecule has 0 aromatic heterocycles. The molecule has 1 N–H and O–H groups in total. The van der Waals surface area contributed by atoms with Gasteiger partial charge in [-0.2, -0.15) is 0 Å². The SMILES string of the molecule is [N-]=[N+]=N[C@@H]1CCCC[C@H]1NC(=O)c1ccccc1. The molecule has 1 aliphatic carbocycles. The molecule has 0 unspecified atom stereocenters. The van der Waals surface area contributed by atoms with Crippen molar-refractivity contribution >= 4 is 5.91 Å². The molecule has 2 atom stereocenters. The zero-order chi connectivity index (χ0) is 12.8. The second kappa shape index (κ2) is 6.07. The van der Waals surface area contributed by atoms with E-state index in [2.05, 4.69) is 15.3 Å². The van der Waals surface area contributed by atoms with Gasteiger partial charge in [0, 0.05) is 16.5 Å². The number of rotatable bonds is 3. The maximum absolute atomic E-state index is 12.0. The summed E-state index contributed by atoms with van der Waals surface area (Å²) < 4.78 is 0. The molecule has 5 heteroatoms. The number of hydrogen-bond donors (Lipinski definition) is 1. The number of amides is 1. The van der Waals surface area contributed by atoms with Crippen molar-refractivity contribution in [3.05, 3.63) is 46.3 Å². The highest BCUT2D eigenvalue weighted by Crippen LogP contribution is 2.21. The highest BCUT2D eigenvalue weighted by Gasteiger charge is 2.25. The van der Waals surface area contributed by atoms with Crippen LogP contribution in [0.25, 0.3) is 10.4 Å². The number of hydrogen-bond acceptors (Lipinski definition) is 2. The predicted molar refractivity (Wildman–Crippen MR) is 69.1 cm³/mol. The molecule has 0 radical (unpaired) electrons. The minimum atomic E-state index is -0.114. The molecular weight excluding hydrogens is 228 g/mol. The maximum Gasteiger partial charge on any atom is 0.251 e. The number of nitrogens with zero attached hydrogens (tertiary/aromatic N) is 3. The Morgan fingerprint density at radius 1 is 1.28 bits per heavy atom. The third-order valence-electron chi connectivity index (χ3n) is 3.28. The molecule has 0 aliphatic heterocycles. The molecule has 0 bridgehead atoms. The zero-order valence-electron chi connectivity index (χ0n) is 10.1. The van der Waals surface area contributed by atoms with Crippen LogP contribution in [0.3, 0.4) is 0 Å². The normalized spacial score (nSPS) is 22.9. The van der Waals surface area contributed by atoms with Gasteiger partial charge in [-0.1, -0.05) is 36.2 Å². The van der Waals surface area contributed by atoms with Crippen LogP contribution in [0.2, 0.25) is 0 Å². The van der Waals surface area contributed by atoms with Crippen LogP contribution in [0.15, 0.2) is 35.4 Å². The monoisotopic (exact) mass is 244 g/mol. The predicted octanol–water partition coefficient (Wildman–Crippen LogP) is 3.04. The fourth-order valence-electron chi connectivity index (χ4n) is 2.33. The summed E-state index contributed by atoms with van der Waals surface area (Å²) in [5.74, 6) is -0.0966. The Morgan fingerprint density at radius 3 is 2.72 bits per heavy atom. The van der Waals surface area contributed by atoms with E-state index in [1.807, 2.05) is 18.2 Å². The van der Waals surface area contributed by atoms with Crippen LogP contribution in [0.4, 0.5) is 0 Å². The average Bonchev–Trinajstić information content (AvgIpc) is 2.42. The molecule has 1 aromatic carbocycles. The van der Waals surface area contributed by atoms with Gasteiger partial charge in [0.1, 0.15) is 0 Å². The van der Waals surface area contributed by atoms with Crippen LogP contribution in [0, 0.1) is 0 Å². The van der Waals surface area contributed by atoms with Gasteiger partial charge in [-0.25, -0.2) is 0 Å². The van der Waals surface area contributed by atoms with Crippen molar-refractivity contribution in [1.29, 1.82) is 0 Å². The first-order valence-electron chi connectivity index (χ1n) is 6.21. The molecule has 1 fully saturated rings. The van der Waals surface area contributed by atoms with Crippen molar-refractivity contribution in [1.82, 2.24) is 5.32 Å². The summed E-state index contributed by atoms with van der Waals surface area (Å²) in [6, 6.07) is 8.95. The second-order valence-corrected chi connectivity index (χ2v) is 4.50. The Kier molecular flexibility index (Phi) is 4.20. The first-order valence-corrected chi connectivity index (χ1v) is 6.21. The second-order valence-electron chi connectivity index (χ2n) is 4.50. The van der Waals surface area contributed by atoms with Gasteiger partial charge in [0.05, 0.1) is 6.04 Å². The molecule has 2 rings (SSSR count). The Morgan fingerprint density at radius 2 is 2.00 bits per heavy atom. The van der Waals surface area contributed by atoms with Crippen LogP contribution in [-0.2, 0) is 0 Å². The number of carbonyl (C=O) groups excluding carboxylic acids is 1. The quantitative estimate of drug-likeness (QED) is 0.495. The highest BCUT2D eigenvalue weighted by molar-refractivity contribution is 5.94. The highest BCUT2D eigenvalue weighted by atomic mass is 16.1. The number of nitrogens with one attached hydrogen (secondary N) is 1. The third kappa shape index (κ3) is 3.02. The van der Waals surface area contributed by atoms with Crippen molar-refractivity contribution in [3.8, 4) is 0 Å². The van der Waals surface area contributed by atoms with Crippen LogP contribution in [0.1, 0.15) is 36.0 Å². The molecule has 1 aliphatic rings. The van der Waals surface area contributed by atoms with E-state index in [-0.39, 0.29) is 18.0 Å². The van der Waals surface area contributed by atoms with Crippen molar-refractivity contribution in [2.45, 2.75) is 37.8 Å². The van der Waals surface area contributed by atoms with Gasteiger partial charge in [0.15, 0.2) is 0 Å². The van der Waals surface area contributed by atoms with Crippen LogP contribution in [0.5, 0.6) is 0 Å². The largest absolute Gasteiger partial charge is 0.349 e. The first-order chi connectivity index (χ1) is 8.81. The Hall–Kier alpha value is -2.00. The number of azide groups is 1. The molecule has 1 aromatic rings. The van der Waals surface area contributed by atoms with Gasteiger partial charge in [0.2, 0.25) is 0 Å². The fourth-order valence-corrected chi connectivity index (χ4v) is 2.33. The van der Waals surface area contributed by atoms with E-state index in [1.165, 1.54) is 0 Å². The lowest BCUT2D eigenvalue weighted by Crippen LogP contribution is -2.44. The van der Waals surface area contributed by atoms with E-state index in [0.717, 1.165) is 25.7 Å². The molecule has 94 valence electrons. The summed E-state index contributed by atoms with van der Waals surface area (Å²) in [6.45, 7) is 0. The van der Waals surface area contributed by atoms with Gasteiger partial charge >= 0.3 is 0 Å². The third-order valence-corrected chi connectivity index (χ3v) is 3.28. The van der Waals surface area contributed by atoms with Crippen LogP contribution < -0.4 is 5.32 Å². The fraction of sp³-hybridized carbons (Fsp3) is 0.462. The Balaban J connectivity index is 2.03. The standard InChI is InChI=1S/C13H16N4O/c14-17-16-12-9-5-4-8-11(12)15-13(18)10-6-2-1-3-7-10/h1-3,6-7,11-12H,4-5,8-9H2,(H,15,18)/t11-,12-/m1/s1. The summed E-state index contributed by atoms with van der Waals surface area (Å²) in [5.41, 5.74) is 9.17. The average molecular weight is 244 g/mol. The molecule has 18 heavy (non-hydrogen) atoms. The Labute approximate surface area is 106 Å². The smallest absolute Gasteiger partial charge is 0.251 e. The summed E-state index contributed by atoms with van der Waals surface area (Å²) in [4.78, 5) is 14.9. The van der Waals surface area contributed by atoms with Gasteiger partial charge in [0.25, 0.3) is 5.91 Å². The zero-order valence-corrected chi connectivity index (χ0v) is 10.1. The summed E-state index contributed by atoms with van der Waals surface area (Å²) in [5, 5.41) is 6.74. The van der Waals surface area contributed by atoms with Crippen molar-refractivity contribution in [2.24, 2.45) is 5.11 Å². The summed E-state index contributed by atoms with van der Waals surface area (Å²) >= 11 is 0. The van der Waals surface area contributed by atoms with Crippen molar-refractivity contribution in [3.63, 3.8) is 0 Å². The van der Waals surface area contributed by atoms with E-state index < -0.39 is 0 Å². The summed E-state index contributed by atoms with van der Waals surface area (Å²) in [6.07, 6.45) is 3.85. The molecular formula is C13H16N4O. The first kappa shape index (κ1) is 12.5. The van der Waals surface area contributed by atoms with E-state index >= 15 is 0 Å². The molecule has 1 amide bonds. The lowest BCUT2D eigenvalue weighted by atomic mass is 9.90. The van der Waals surface area contributed by atoms with E-state index in [1.54, 1.807) is 12.1 Å². The van der Waals surface area contributed by atoms with Gasteiger partial charge in [-0.05, 0) is 30.5 Å². The molecule has 0 heterocycles. The molecule has 5 nitrogen and oxygen atoms in total. The van der Waals surface area contributed by atoms with Crippen molar-refractivity contribution in [2.75, 3.05) is 0 Å². The van der Waals surface area contributed by atoms with Gasteiger partial charge in [-0.15, -0.1) is 0 Å². The van der Waals surface area contributed by atoms with E-state index in [4.69, 9.17) is 5.53 Å². The minimum absolute atomic E-state index is 0.0395. The minimum Gasteiger partial charge on any atom is -0.349 e. The summed E-state index contributed by atoms with van der Waals surface area (Å²) in [7, 11) is 0. The lowest BCUT2D eigenvalue weighted by Gasteiger charge is -2.28. The number of carbonyl (C=O) groups is 1. The topological polar surface area (TPSA) is 77.9 Å². The van der Waals surface area contributed by atoms with E-state index in [0.29, 0.717) is 5.56 Å². The van der Waals surface area contributed by atoms with Crippen LogP contribution >= 0.6 is 0 Å². The van der Waals surface area contributed by atoms with E-state index in [9.17, 15) is 4.79 Å². The van der Waals surface area contributed by atoms with Gasteiger partial charge in [-0.3, -0.25) is 4.79 Å². The van der Waals surface area contributed by atoms with Crippen molar-refractivity contribution < 1.29 is 4.79 Å². The van der Waals surface area contributed by atoms with Gasteiger partial charge < -0.3 is 5.32 Å². The lowest BCUT2D eigenvalue weighted by molar-refractivity contribution is 0.0921. The molecule has 0 saturated heterocycles. The number of benzene rings is 1. The van der Waals surface area contributed by atoms with Crippen LogP contribution in [-0.4, -0.2) is 18.0 Å². The Bertz CT molecular complexity index is 453.